The molecule has 0 atom stereocenters. The van der Waals surface area contributed by atoms with Crippen LogP contribution < -0.4 is 15.5 Å². The van der Waals surface area contributed by atoms with Crippen molar-refractivity contribution in [2.24, 2.45) is 5.10 Å². The number of hydrogen-bond acceptors (Lipinski definition) is 6. The van der Waals surface area contributed by atoms with Gasteiger partial charge < -0.3 is 15.0 Å². The highest BCUT2D eigenvalue weighted by Gasteiger charge is 2.19. The van der Waals surface area contributed by atoms with Crippen LogP contribution in [0.2, 0.25) is 0 Å². The minimum atomic E-state index is -0.384. The number of aryl methyl sites for hydroxylation is 1. The van der Waals surface area contributed by atoms with E-state index in [1.165, 1.54) is 11.3 Å². The van der Waals surface area contributed by atoms with E-state index in [0.29, 0.717) is 16.1 Å². The molecule has 8 heteroatoms. The molecular formula is C24H26N4O3S. The molecule has 2 N–H and O–H groups in total. The summed E-state index contributed by atoms with van der Waals surface area (Å²) >= 11 is 1.31. The smallest absolute Gasteiger partial charge is 0.274 e. The van der Waals surface area contributed by atoms with Gasteiger partial charge in [0.2, 0.25) is 0 Å². The molecule has 3 aromatic rings. The third-order valence-electron chi connectivity index (χ3n) is 4.61. The second kappa shape index (κ2) is 10.7. The first-order valence-electron chi connectivity index (χ1n) is 9.98. The van der Waals surface area contributed by atoms with E-state index in [1.54, 1.807) is 19.4 Å². The highest BCUT2D eigenvalue weighted by atomic mass is 32.1. The molecule has 0 radical (unpaired) electrons. The van der Waals surface area contributed by atoms with Crippen molar-refractivity contribution in [2.75, 3.05) is 26.5 Å². The maximum atomic E-state index is 12.8. The SMILES string of the molecule is COc1ccc(/C=N/NC(=O)c2c(C)csc2NC(=O)c2cccc(CN(C)C)c2)cc1. The lowest BCUT2D eigenvalue weighted by atomic mass is 10.1. The maximum Gasteiger partial charge on any atom is 0.274 e. The summed E-state index contributed by atoms with van der Waals surface area (Å²) in [4.78, 5) is 27.6. The third kappa shape index (κ3) is 6.03. The molecular weight excluding hydrogens is 424 g/mol. The van der Waals surface area contributed by atoms with E-state index in [2.05, 4.69) is 15.8 Å². The number of rotatable bonds is 8. The van der Waals surface area contributed by atoms with Crippen LogP contribution >= 0.6 is 11.3 Å². The molecule has 0 bridgehead atoms. The van der Waals surface area contributed by atoms with Gasteiger partial charge >= 0.3 is 0 Å². The largest absolute Gasteiger partial charge is 0.497 e. The van der Waals surface area contributed by atoms with Gasteiger partial charge in [-0.25, -0.2) is 5.43 Å². The summed E-state index contributed by atoms with van der Waals surface area (Å²) in [7, 11) is 5.55. The molecule has 1 aromatic heterocycles. The van der Waals surface area contributed by atoms with Crippen molar-refractivity contribution in [1.29, 1.82) is 0 Å². The number of thiophene rings is 1. The molecule has 0 aliphatic heterocycles. The molecule has 3 rings (SSSR count). The number of ether oxygens (including phenoxy) is 1. The number of nitrogens with zero attached hydrogens (tertiary/aromatic N) is 2. The Morgan fingerprint density at radius 3 is 2.56 bits per heavy atom. The first-order chi connectivity index (χ1) is 15.4. The fourth-order valence-corrected chi connectivity index (χ4v) is 4.02. The highest BCUT2D eigenvalue weighted by molar-refractivity contribution is 7.15. The molecule has 0 saturated carbocycles. The summed E-state index contributed by atoms with van der Waals surface area (Å²) in [5, 5.41) is 9.22. The van der Waals surface area contributed by atoms with E-state index >= 15 is 0 Å². The topological polar surface area (TPSA) is 83.0 Å². The average molecular weight is 451 g/mol. The molecule has 2 aromatic carbocycles. The molecule has 0 spiro atoms. The molecule has 1 heterocycles. The Hall–Kier alpha value is -3.49. The summed E-state index contributed by atoms with van der Waals surface area (Å²) in [5.41, 5.74) is 6.10. The Labute approximate surface area is 191 Å². The fraction of sp³-hybridized carbons (Fsp3) is 0.208. The zero-order chi connectivity index (χ0) is 23.1. The lowest BCUT2D eigenvalue weighted by Gasteiger charge is -2.11. The van der Waals surface area contributed by atoms with E-state index in [0.717, 1.165) is 29.0 Å². The van der Waals surface area contributed by atoms with Gasteiger partial charge in [-0.2, -0.15) is 5.10 Å². The standard InChI is InChI=1S/C24H26N4O3S/c1-16-15-32-24(26-22(29)19-7-5-6-18(12-19)14-28(2)3)21(16)23(30)27-25-13-17-8-10-20(31-4)11-9-17/h5-13,15H,14H2,1-4H3,(H,26,29)(H,27,30)/b25-13+. The Morgan fingerprint density at radius 2 is 1.88 bits per heavy atom. The number of benzene rings is 2. The lowest BCUT2D eigenvalue weighted by molar-refractivity contribution is 0.0956. The van der Waals surface area contributed by atoms with Crippen LogP contribution in [0.5, 0.6) is 5.75 Å². The summed E-state index contributed by atoms with van der Waals surface area (Å²) in [6, 6.07) is 14.7. The van der Waals surface area contributed by atoms with Crippen molar-refractivity contribution in [2.45, 2.75) is 13.5 Å². The number of carbonyl (C=O) groups is 2. The van der Waals surface area contributed by atoms with Crippen molar-refractivity contribution in [3.05, 3.63) is 81.7 Å². The molecule has 0 saturated heterocycles. The van der Waals surface area contributed by atoms with Gasteiger partial charge in [0.1, 0.15) is 10.8 Å². The molecule has 7 nitrogen and oxygen atoms in total. The number of carbonyl (C=O) groups excluding carboxylic acids is 2. The normalized spacial score (nSPS) is 11.0. The van der Waals surface area contributed by atoms with Crippen molar-refractivity contribution in [1.82, 2.24) is 10.3 Å². The number of hydrazone groups is 1. The number of anilines is 1. The van der Waals surface area contributed by atoms with Gasteiger partial charge in [-0.05, 0) is 79.5 Å². The lowest BCUT2D eigenvalue weighted by Crippen LogP contribution is -2.21. The second-order valence-corrected chi connectivity index (χ2v) is 8.37. The van der Waals surface area contributed by atoms with Gasteiger partial charge in [-0.1, -0.05) is 12.1 Å². The van der Waals surface area contributed by atoms with E-state index < -0.39 is 0 Å². The first kappa shape index (κ1) is 23.2. The van der Waals surface area contributed by atoms with E-state index in [1.807, 2.05) is 73.8 Å². The third-order valence-corrected chi connectivity index (χ3v) is 5.63. The average Bonchev–Trinajstić information content (AvgIpc) is 3.13. The maximum absolute atomic E-state index is 12.8. The Morgan fingerprint density at radius 1 is 1.12 bits per heavy atom. The monoisotopic (exact) mass is 450 g/mol. The minimum Gasteiger partial charge on any atom is -0.497 e. The minimum absolute atomic E-state index is 0.261. The van der Waals surface area contributed by atoms with Crippen molar-refractivity contribution in [3.63, 3.8) is 0 Å². The molecule has 166 valence electrons. The van der Waals surface area contributed by atoms with Crippen LogP contribution in [-0.2, 0) is 6.54 Å². The number of nitrogens with one attached hydrogen (secondary N) is 2. The Balaban J connectivity index is 1.69. The van der Waals surface area contributed by atoms with Crippen molar-refractivity contribution in [3.8, 4) is 5.75 Å². The zero-order valence-corrected chi connectivity index (χ0v) is 19.3. The van der Waals surface area contributed by atoms with E-state index in [-0.39, 0.29) is 11.8 Å². The molecule has 0 aliphatic carbocycles. The quantitative estimate of drug-likeness (QED) is 0.399. The van der Waals surface area contributed by atoms with Gasteiger partial charge in [0, 0.05) is 12.1 Å². The predicted molar refractivity (Wildman–Crippen MR) is 129 cm³/mol. The molecule has 0 aliphatic rings. The summed E-state index contributed by atoms with van der Waals surface area (Å²) < 4.78 is 5.12. The summed E-state index contributed by atoms with van der Waals surface area (Å²) in [5.74, 6) is 0.0983. The van der Waals surface area contributed by atoms with Crippen LogP contribution in [0.25, 0.3) is 0 Å². The van der Waals surface area contributed by atoms with Crippen molar-refractivity contribution >= 4 is 34.4 Å². The van der Waals surface area contributed by atoms with Crippen LogP contribution in [0, 0.1) is 6.92 Å². The molecule has 32 heavy (non-hydrogen) atoms. The number of methoxy groups -OCH3 is 1. The van der Waals surface area contributed by atoms with Crippen LogP contribution in [0.1, 0.15) is 37.4 Å². The van der Waals surface area contributed by atoms with Gasteiger partial charge in [0.05, 0.1) is 18.9 Å². The highest BCUT2D eigenvalue weighted by Crippen LogP contribution is 2.28. The van der Waals surface area contributed by atoms with Crippen LogP contribution in [0.4, 0.5) is 5.00 Å². The number of amides is 2. The summed E-state index contributed by atoms with van der Waals surface area (Å²) in [6.45, 7) is 2.56. The van der Waals surface area contributed by atoms with Gasteiger partial charge in [-0.15, -0.1) is 11.3 Å². The first-order valence-corrected chi connectivity index (χ1v) is 10.9. The van der Waals surface area contributed by atoms with Crippen LogP contribution in [0.3, 0.4) is 0 Å². The van der Waals surface area contributed by atoms with E-state index in [4.69, 9.17) is 4.74 Å². The molecule has 0 unspecified atom stereocenters. The Bertz CT molecular complexity index is 1120. The molecule has 0 fully saturated rings. The van der Waals surface area contributed by atoms with Crippen LogP contribution in [-0.4, -0.2) is 44.1 Å². The Kier molecular flexibility index (Phi) is 7.75. The zero-order valence-electron chi connectivity index (χ0n) is 18.5. The second-order valence-electron chi connectivity index (χ2n) is 7.49. The summed E-state index contributed by atoms with van der Waals surface area (Å²) in [6.07, 6.45) is 1.55. The number of hydrogen-bond donors (Lipinski definition) is 2. The fourth-order valence-electron chi connectivity index (χ4n) is 3.08. The van der Waals surface area contributed by atoms with Gasteiger partial charge in [0.25, 0.3) is 11.8 Å². The van der Waals surface area contributed by atoms with Crippen LogP contribution in [0.15, 0.2) is 59.0 Å². The van der Waals surface area contributed by atoms with Gasteiger partial charge in [0.15, 0.2) is 0 Å². The van der Waals surface area contributed by atoms with E-state index in [9.17, 15) is 9.59 Å². The van der Waals surface area contributed by atoms with Gasteiger partial charge in [-0.3, -0.25) is 9.59 Å². The van der Waals surface area contributed by atoms with Crippen molar-refractivity contribution < 1.29 is 14.3 Å². The molecule has 2 amide bonds. The predicted octanol–water partition coefficient (Wildman–Crippen LogP) is 4.14.